The maximum absolute atomic E-state index is 11.5. The van der Waals surface area contributed by atoms with Gasteiger partial charge in [0.1, 0.15) is 5.75 Å². The Bertz CT molecular complexity index is 605. The molecule has 0 aliphatic carbocycles. The number of nitrogens with zero attached hydrogens (tertiary/aromatic N) is 2. The second-order valence-electron chi connectivity index (χ2n) is 7.34. The van der Waals surface area contributed by atoms with Gasteiger partial charge in [-0.2, -0.15) is 0 Å². The molecule has 1 aromatic carbocycles. The molecule has 1 aliphatic heterocycles. The van der Waals surface area contributed by atoms with Gasteiger partial charge >= 0.3 is 0 Å². The first-order valence-corrected chi connectivity index (χ1v) is 9.93. The van der Waals surface area contributed by atoms with E-state index in [9.17, 15) is 4.79 Å². The second-order valence-corrected chi connectivity index (χ2v) is 7.34. The van der Waals surface area contributed by atoms with Crippen LogP contribution < -0.4 is 15.4 Å². The zero-order chi connectivity index (χ0) is 19.6. The third-order valence-electron chi connectivity index (χ3n) is 4.87. The smallest absolute Gasteiger partial charge is 0.220 e. The van der Waals surface area contributed by atoms with Crippen LogP contribution in [0.5, 0.6) is 5.75 Å². The van der Waals surface area contributed by atoms with Crippen LogP contribution in [0.2, 0.25) is 0 Å². The molecule has 0 spiro atoms. The standard InChI is InChI=1S/C21H34N4O2/c1-16(2)27-19-7-5-17(6-8-19)9-12-24-21(23-4)25-13-10-18(11-14-25)15-20(26)22-3/h5-8,16,18H,9-15H2,1-4H3,(H,22,26)(H,23,24). The van der Waals surface area contributed by atoms with E-state index in [0.717, 1.165) is 50.6 Å². The van der Waals surface area contributed by atoms with E-state index < -0.39 is 0 Å². The molecule has 0 unspecified atom stereocenters. The predicted octanol–water partition coefficient (Wildman–Crippen LogP) is 2.44. The van der Waals surface area contributed by atoms with Gasteiger partial charge in [0, 0.05) is 40.2 Å². The van der Waals surface area contributed by atoms with Crippen molar-refractivity contribution >= 4 is 11.9 Å². The number of hydrogen-bond acceptors (Lipinski definition) is 3. The molecule has 1 heterocycles. The molecule has 0 aromatic heterocycles. The molecule has 6 nitrogen and oxygen atoms in total. The highest BCUT2D eigenvalue weighted by Gasteiger charge is 2.22. The summed E-state index contributed by atoms with van der Waals surface area (Å²) in [7, 11) is 3.53. The first kappa shape index (κ1) is 21.1. The number of nitrogens with one attached hydrogen (secondary N) is 2. The van der Waals surface area contributed by atoms with Crippen molar-refractivity contribution in [3.63, 3.8) is 0 Å². The molecule has 0 saturated carbocycles. The van der Waals surface area contributed by atoms with Crippen molar-refractivity contribution in [2.24, 2.45) is 10.9 Å². The van der Waals surface area contributed by atoms with Gasteiger partial charge in [-0.1, -0.05) is 12.1 Å². The topological polar surface area (TPSA) is 66.0 Å². The maximum Gasteiger partial charge on any atom is 0.220 e. The van der Waals surface area contributed by atoms with Crippen molar-refractivity contribution in [1.82, 2.24) is 15.5 Å². The summed E-state index contributed by atoms with van der Waals surface area (Å²) < 4.78 is 5.68. The lowest BCUT2D eigenvalue weighted by Crippen LogP contribution is -2.46. The number of amides is 1. The highest BCUT2D eigenvalue weighted by Crippen LogP contribution is 2.20. The Morgan fingerprint density at radius 2 is 1.93 bits per heavy atom. The highest BCUT2D eigenvalue weighted by atomic mass is 16.5. The number of guanidine groups is 1. The fourth-order valence-corrected chi connectivity index (χ4v) is 3.37. The molecule has 1 saturated heterocycles. The lowest BCUT2D eigenvalue weighted by atomic mass is 9.93. The average Bonchev–Trinajstić information content (AvgIpc) is 2.67. The first-order valence-electron chi connectivity index (χ1n) is 9.93. The van der Waals surface area contributed by atoms with Crippen molar-refractivity contribution < 1.29 is 9.53 Å². The molecule has 0 bridgehead atoms. The molecule has 1 fully saturated rings. The van der Waals surface area contributed by atoms with Gasteiger partial charge < -0.3 is 20.3 Å². The van der Waals surface area contributed by atoms with Gasteiger partial charge in [-0.15, -0.1) is 0 Å². The monoisotopic (exact) mass is 374 g/mol. The van der Waals surface area contributed by atoms with E-state index in [0.29, 0.717) is 12.3 Å². The number of hydrogen-bond donors (Lipinski definition) is 2. The Kier molecular flexibility index (Phi) is 8.43. The van der Waals surface area contributed by atoms with E-state index in [2.05, 4.69) is 32.7 Å². The molecule has 2 rings (SSSR count). The Hall–Kier alpha value is -2.24. The first-order chi connectivity index (χ1) is 13.0. The van der Waals surface area contributed by atoms with Crippen LogP contribution in [0.15, 0.2) is 29.3 Å². The van der Waals surface area contributed by atoms with E-state index >= 15 is 0 Å². The Morgan fingerprint density at radius 1 is 1.26 bits per heavy atom. The minimum Gasteiger partial charge on any atom is -0.491 e. The SMILES string of the molecule is CN=C(NCCc1ccc(OC(C)C)cc1)N1CCC(CC(=O)NC)CC1. The summed E-state index contributed by atoms with van der Waals surface area (Å²) in [6, 6.07) is 8.29. The summed E-state index contributed by atoms with van der Waals surface area (Å²) in [6.07, 6.45) is 3.83. The molecule has 0 atom stereocenters. The number of benzene rings is 1. The van der Waals surface area contributed by atoms with E-state index in [1.807, 2.05) is 33.0 Å². The number of likely N-dealkylation sites (tertiary alicyclic amines) is 1. The second kappa shape index (κ2) is 10.8. The van der Waals surface area contributed by atoms with Crippen molar-refractivity contribution in [1.29, 1.82) is 0 Å². The zero-order valence-electron chi connectivity index (χ0n) is 17.1. The molecule has 1 amide bonds. The predicted molar refractivity (Wildman–Crippen MR) is 110 cm³/mol. The number of aliphatic imine (C=N–C) groups is 1. The van der Waals surface area contributed by atoms with Crippen LogP contribution in [0.25, 0.3) is 0 Å². The summed E-state index contributed by atoms with van der Waals surface area (Å²) in [6.45, 7) is 6.80. The van der Waals surface area contributed by atoms with Crippen LogP contribution >= 0.6 is 0 Å². The summed E-state index contributed by atoms with van der Waals surface area (Å²) >= 11 is 0. The summed E-state index contributed by atoms with van der Waals surface area (Å²) in [5.74, 6) is 2.48. The van der Waals surface area contributed by atoms with Crippen molar-refractivity contribution in [2.75, 3.05) is 33.7 Å². The average molecular weight is 375 g/mol. The van der Waals surface area contributed by atoms with Crippen LogP contribution in [-0.2, 0) is 11.2 Å². The van der Waals surface area contributed by atoms with E-state index in [1.54, 1.807) is 7.05 Å². The molecule has 1 aromatic rings. The van der Waals surface area contributed by atoms with E-state index in [-0.39, 0.29) is 12.0 Å². The van der Waals surface area contributed by atoms with Gasteiger partial charge in [0.15, 0.2) is 5.96 Å². The normalized spacial score (nSPS) is 15.7. The summed E-state index contributed by atoms with van der Waals surface area (Å²) in [5.41, 5.74) is 1.28. The molecule has 1 aliphatic rings. The van der Waals surface area contributed by atoms with Gasteiger partial charge in [-0.05, 0) is 56.7 Å². The van der Waals surface area contributed by atoms with Gasteiger partial charge in [0.05, 0.1) is 6.10 Å². The van der Waals surface area contributed by atoms with Gasteiger partial charge in [-0.25, -0.2) is 0 Å². The van der Waals surface area contributed by atoms with Crippen LogP contribution in [0, 0.1) is 5.92 Å². The van der Waals surface area contributed by atoms with E-state index in [1.165, 1.54) is 5.56 Å². The Labute approximate surface area is 163 Å². The molecular formula is C21H34N4O2. The zero-order valence-corrected chi connectivity index (χ0v) is 17.1. The molecule has 6 heteroatoms. The van der Waals surface area contributed by atoms with Crippen molar-refractivity contribution in [3.8, 4) is 5.75 Å². The van der Waals surface area contributed by atoms with Crippen LogP contribution in [0.1, 0.15) is 38.7 Å². The number of carbonyl (C=O) groups is 1. The third-order valence-corrected chi connectivity index (χ3v) is 4.87. The largest absolute Gasteiger partial charge is 0.491 e. The van der Waals surface area contributed by atoms with Crippen molar-refractivity contribution in [2.45, 2.75) is 45.6 Å². The molecule has 0 radical (unpaired) electrons. The van der Waals surface area contributed by atoms with Gasteiger partial charge in [0.2, 0.25) is 5.91 Å². The number of rotatable bonds is 7. The fourth-order valence-electron chi connectivity index (χ4n) is 3.37. The minimum absolute atomic E-state index is 0.140. The number of carbonyl (C=O) groups excluding carboxylic acids is 1. The summed E-state index contributed by atoms with van der Waals surface area (Å²) in [4.78, 5) is 18.2. The van der Waals surface area contributed by atoms with E-state index in [4.69, 9.17) is 4.74 Å². The fraction of sp³-hybridized carbons (Fsp3) is 0.619. The minimum atomic E-state index is 0.140. The van der Waals surface area contributed by atoms with Crippen LogP contribution in [0.3, 0.4) is 0 Å². The lowest BCUT2D eigenvalue weighted by Gasteiger charge is -2.34. The van der Waals surface area contributed by atoms with Gasteiger partial charge in [-0.3, -0.25) is 9.79 Å². The highest BCUT2D eigenvalue weighted by molar-refractivity contribution is 5.80. The Morgan fingerprint density at radius 3 is 2.48 bits per heavy atom. The quantitative estimate of drug-likeness (QED) is 0.568. The number of ether oxygens (including phenoxy) is 1. The van der Waals surface area contributed by atoms with Gasteiger partial charge in [0.25, 0.3) is 0 Å². The molecule has 2 N–H and O–H groups in total. The summed E-state index contributed by atoms with van der Waals surface area (Å²) in [5, 5.41) is 6.18. The maximum atomic E-state index is 11.5. The molecule has 27 heavy (non-hydrogen) atoms. The number of piperidine rings is 1. The Balaban J connectivity index is 1.74. The van der Waals surface area contributed by atoms with Crippen LogP contribution in [-0.4, -0.2) is 56.6 Å². The van der Waals surface area contributed by atoms with Crippen LogP contribution in [0.4, 0.5) is 0 Å². The lowest BCUT2D eigenvalue weighted by molar-refractivity contribution is -0.121. The molecule has 150 valence electrons. The van der Waals surface area contributed by atoms with Crippen molar-refractivity contribution in [3.05, 3.63) is 29.8 Å². The third kappa shape index (κ3) is 7.12. The molecular weight excluding hydrogens is 340 g/mol.